The molecule has 0 aromatic heterocycles. The van der Waals surface area contributed by atoms with Crippen molar-refractivity contribution < 1.29 is 14.3 Å². The van der Waals surface area contributed by atoms with Crippen molar-refractivity contribution in [2.45, 2.75) is 39.0 Å². The molecule has 94 valence electrons. The van der Waals surface area contributed by atoms with Gasteiger partial charge in [0.1, 0.15) is 0 Å². The number of methoxy groups -OCH3 is 1. The van der Waals surface area contributed by atoms with Gasteiger partial charge in [-0.3, -0.25) is 4.79 Å². The van der Waals surface area contributed by atoms with E-state index in [2.05, 4.69) is 4.74 Å². The maximum atomic E-state index is 11.5. The van der Waals surface area contributed by atoms with Crippen LogP contribution in [0.5, 0.6) is 0 Å². The molecule has 0 radical (unpaired) electrons. The average molecular weight is 236 g/mol. The number of allylic oxidation sites excluding steroid dienone is 3. The van der Waals surface area contributed by atoms with E-state index in [0.29, 0.717) is 12.3 Å². The van der Waals surface area contributed by atoms with Crippen molar-refractivity contribution in [3.05, 3.63) is 23.8 Å². The number of hydrogen-bond acceptors (Lipinski definition) is 3. The van der Waals surface area contributed by atoms with Gasteiger partial charge >= 0.3 is 5.97 Å². The molecule has 0 spiro atoms. The Balaban J connectivity index is 2.18. The molecule has 0 fully saturated rings. The second-order valence-electron chi connectivity index (χ2n) is 4.47. The molecule has 0 N–H and O–H groups in total. The zero-order chi connectivity index (χ0) is 12.7. The van der Waals surface area contributed by atoms with Gasteiger partial charge in [0, 0.05) is 12.5 Å². The number of ketones is 1. The van der Waals surface area contributed by atoms with Gasteiger partial charge in [-0.2, -0.15) is 0 Å². The van der Waals surface area contributed by atoms with E-state index in [1.807, 2.05) is 19.1 Å². The normalized spacial score (nSPS) is 20.5. The number of rotatable bonds is 5. The van der Waals surface area contributed by atoms with E-state index in [0.717, 1.165) is 31.3 Å². The largest absolute Gasteiger partial charge is 0.466 e. The van der Waals surface area contributed by atoms with E-state index < -0.39 is 0 Å². The molecule has 3 heteroatoms. The molecule has 0 saturated heterocycles. The lowest BCUT2D eigenvalue weighted by atomic mass is 9.86. The number of esters is 1. The molecule has 0 aliphatic heterocycles. The summed E-state index contributed by atoms with van der Waals surface area (Å²) in [4.78, 5) is 22.3. The Hall–Kier alpha value is -1.38. The lowest BCUT2D eigenvalue weighted by molar-refractivity contribution is -0.134. The van der Waals surface area contributed by atoms with Crippen molar-refractivity contribution in [2.75, 3.05) is 7.11 Å². The van der Waals surface area contributed by atoms with E-state index >= 15 is 0 Å². The summed E-state index contributed by atoms with van der Waals surface area (Å²) in [5, 5.41) is 0. The minimum absolute atomic E-state index is 0.284. The van der Waals surface area contributed by atoms with Crippen LogP contribution in [-0.4, -0.2) is 18.9 Å². The van der Waals surface area contributed by atoms with Gasteiger partial charge in [0.05, 0.1) is 7.11 Å². The van der Waals surface area contributed by atoms with E-state index in [1.54, 1.807) is 0 Å². The summed E-state index contributed by atoms with van der Waals surface area (Å²) in [6.07, 6.45) is 9.94. The second kappa shape index (κ2) is 7.05. The molecule has 0 saturated carbocycles. The van der Waals surface area contributed by atoms with E-state index in [9.17, 15) is 9.59 Å². The molecule has 1 aliphatic rings. The first-order chi connectivity index (χ1) is 8.13. The number of hydrogen-bond donors (Lipinski definition) is 0. The molecular weight excluding hydrogens is 216 g/mol. The fourth-order valence-electron chi connectivity index (χ4n) is 1.96. The molecule has 0 aromatic rings. The first kappa shape index (κ1) is 13.7. The van der Waals surface area contributed by atoms with Crippen LogP contribution in [0.25, 0.3) is 0 Å². The second-order valence-corrected chi connectivity index (χ2v) is 4.47. The molecule has 1 aliphatic carbocycles. The van der Waals surface area contributed by atoms with Gasteiger partial charge in [-0.05, 0) is 44.1 Å². The fourth-order valence-corrected chi connectivity index (χ4v) is 1.96. The van der Waals surface area contributed by atoms with Crippen LogP contribution in [0.2, 0.25) is 0 Å². The zero-order valence-corrected chi connectivity index (χ0v) is 10.6. The Kier molecular flexibility index (Phi) is 5.67. The maximum absolute atomic E-state index is 11.5. The summed E-state index contributed by atoms with van der Waals surface area (Å²) in [5.41, 5.74) is 0.909. The molecule has 0 bridgehead atoms. The van der Waals surface area contributed by atoms with Crippen molar-refractivity contribution >= 4 is 11.8 Å². The molecular formula is C14H20O3. The smallest absolute Gasteiger partial charge is 0.330 e. The standard InChI is InChI=1S/C14H20O3/c1-11-8-9-12(10-13(11)15)6-4-3-5-7-14(16)17-2/h5,7-8,12H,3-4,6,9-10H2,1-2H3/b7-5+. The van der Waals surface area contributed by atoms with Gasteiger partial charge in [-0.15, -0.1) is 0 Å². The molecule has 1 rings (SSSR count). The lowest BCUT2D eigenvalue weighted by Crippen LogP contribution is -2.14. The first-order valence-electron chi connectivity index (χ1n) is 6.08. The third-order valence-corrected chi connectivity index (χ3v) is 3.11. The summed E-state index contributed by atoms with van der Waals surface area (Å²) in [5.74, 6) is 0.459. The fraction of sp³-hybridized carbons (Fsp3) is 0.571. The SMILES string of the molecule is COC(=O)/C=C/CCCC1CC=C(C)C(=O)C1. The van der Waals surface area contributed by atoms with Gasteiger partial charge in [-0.1, -0.05) is 12.2 Å². The predicted molar refractivity (Wildman–Crippen MR) is 66.5 cm³/mol. The quantitative estimate of drug-likeness (QED) is 0.419. The van der Waals surface area contributed by atoms with E-state index in [1.165, 1.54) is 13.2 Å². The summed E-state index contributed by atoms with van der Waals surface area (Å²) in [6, 6.07) is 0. The van der Waals surface area contributed by atoms with Gasteiger partial charge < -0.3 is 4.74 Å². The number of unbranched alkanes of at least 4 members (excludes halogenated alkanes) is 1. The van der Waals surface area contributed by atoms with Crippen LogP contribution in [0.4, 0.5) is 0 Å². The van der Waals surface area contributed by atoms with Crippen LogP contribution < -0.4 is 0 Å². The highest BCUT2D eigenvalue weighted by Crippen LogP contribution is 2.24. The van der Waals surface area contributed by atoms with Crippen molar-refractivity contribution in [2.24, 2.45) is 5.92 Å². The van der Waals surface area contributed by atoms with Crippen molar-refractivity contribution in [3.63, 3.8) is 0 Å². The topological polar surface area (TPSA) is 43.4 Å². The Labute approximate surface area is 103 Å². The molecule has 0 heterocycles. The van der Waals surface area contributed by atoms with Crippen LogP contribution in [-0.2, 0) is 14.3 Å². The average Bonchev–Trinajstić information content (AvgIpc) is 2.33. The number of carbonyl (C=O) groups is 2. The summed E-state index contributed by atoms with van der Waals surface area (Å²) >= 11 is 0. The Morgan fingerprint density at radius 1 is 1.59 bits per heavy atom. The maximum Gasteiger partial charge on any atom is 0.330 e. The van der Waals surface area contributed by atoms with Gasteiger partial charge in [0.2, 0.25) is 0 Å². The van der Waals surface area contributed by atoms with Crippen molar-refractivity contribution in [1.82, 2.24) is 0 Å². The molecule has 1 atom stereocenters. The van der Waals surface area contributed by atoms with E-state index in [4.69, 9.17) is 0 Å². The van der Waals surface area contributed by atoms with Crippen LogP contribution in [0.3, 0.4) is 0 Å². The summed E-state index contributed by atoms with van der Waals surface area (Å²) < 4.78 is 4.49. The molecule has 3 nitrogen and oxygen atoms in total. The summed E-state index contributed by atoms with van der Waals surface area (Å²) in [6.45, 7) is 1.89. The lowest BCUT2D eigenvalue weighted by Gasteiger charge is -2.18. The van der Waals surface area contributed by atoms with Gasteiger partial charge in [0.25, 0.3) is 0 Å². The van der Waals surface area contributed by atoms with Crippen LogP contribution >= 0.6 is 0 Å². The third kappa shape index (κ3) is 4.98. The summed E-state index contributed by atoms with van der Waals surface area (Å²) in [7, 11) is 1.37. The predicted octanol–water partition coefficient (Wildman–Crippen LogP) is 2.81. The Morgan fingerprint density at radius 2 is 2.35 bits per heavy atom. The van der Waals surface area contributed by atoms with E-state index in [-0.39, 0.29) is 11.8 Å². The minimum atomic E-state index is -0.309. The van der Waals surface area contributed by atoms with Crippen LogP contribution in [0, 0.1) is 5.92 Å². The number of carbonyl (C=O) groups excluding carboxylic acids is 2. The van der Waals surface area contributed by atoms with Crippen molar-refractivity contribution in [1.29, 1.82) is 0 Å². The molecule has 17 heavy (non-hydrogen) atoms. The highest BCUT2D eigenvalue weighted by Gasteiger charge is 2.18. The Bertz CT molecular complexity index is 339. The zero-order valence-electron chi connectivity index (χ0n) is 10.6. The minimum Gasteiger partial charge on any atom is -0.466 e. The third-order valence-electron chi connectivity index (χ3n) is 3.11. The Morgan fingerprint density at radius 3 is 3.00 bits per heavy atom. The molecule has 1 unspecified atom stereocenters. The monoisotopic (exact) mass is 236 g/mol. The molecule has 0 aromatic carbocycles. The van der Waals surface area contributed by atoms with Gasteiger partial charge in [0.15, 0.2) is 5.78 Å². The highest BCUT2D eigenvalue weighted by molar-refractivity contribution is 5.95. The van der Waals surface area contributed by atoms with Crippen LogP contribution in [0.15, 0.2) is 23.8 Å². The van der Waals surface area contributed by atoms with Crippen molar-refractivity contribution in [3.8, 4) is 0 Å². The van der Waals surface area contributed by atoms with Crippen LogP contribution in [0.1, 0.15) is 39.0 Å². The van der Waals surface area contributed by atoms with Gasteiger partial charge in [-0.25, -0.2) is 4.79 Å². The molecule has 0 amide bonds. The first-order valence-corrected chi connectivity index (χ1v) is 6.08. The number of Topliss-reactive ketones (excluding diaryl/α,β-unsaturated/α-hetero) is 1. The number of ether oxygens (including phenoxy) is 1. The highest BCUT2D eigenvalue weighted by atomic mass is 16.5.